The molecule has 63 heavy (non-hydrogen) atoms. The molecule has 2 unspecified atom stereocenters. The maximum absolute atomic E-state index is 16.0. The molecule has 4 aromatic rings. The molecule has 0 spiro atoms. The summed E-state index contributed by atoms with van der Waals surface area (Å²) in [5.74, 6) is -7.24. The highest BCUT2D eigenvalue weighted by Gasteiger charge is 2.43. The first-order valence-corrected chi connectivity index (χ1v) is 23.5. The molecule has 0 bridgehead atoms. The van der Waals surface area contributed by atoms with Gasteiger partial charge in [-0.05, 0) is 111 Å². The normalized spacial score (nSPS) is 21.2. The number of carbonyl (C=O) groups is 2. The number of benzene rings is 2. The number of nitrogens with zero attached hydrogens (tertiary/aromatic N) is 4. The van der Waals surface area contributed by atoms with Crippen LogP contribution in [0.1, 0.15) is 128 Å². The van der Waals surface area contributed by atoms with Gasteiger partial charge in [0.2, 0.25) is 17.7 Å². The molecule has 0 aliphatic carbocycles. The van der Waals surface area contributed by atoms with Gasteiger partial charge in [0.1, 0.15) is 29.5 Å². The third-order valence-electron chi connectivity index (χ3n) is 12.5. The van der Waals surface area contributed by atoms with Crippen LogP contribution in [0.25, 0.3) is 0 Å². The summed E-state index contributed by atoms with van der Waals surface area (Å²) in [4.78, 5) is 49.2. The highest BCUT2D eigenvalue weighted by molar-refractivity contribution is 7.87. The van der Waals surface area contributed by atoms with Gasteiger partial charge in [0, 0.05) is 37.4 Å². The van der Waals surface area contributed by atoms with E-state index in [0.717, 1.165) is 14.2 Å². The van der Waals surface area contributed by atoms with Crippen LogP contribution in [-0.4, -0.2) is 82.7 Å². The lowest BCUT2D eigenvalue weighted by atomic mass is 9.82. The topological polar surface area (TPSA) is 277 Å². The fourth-order valence-corrected chi connectivity index (χ4v) is 12.4. The summed E-state index contributed by atoms with van der Waals surface area (Å²) in [6.07, 6.45) is 1.99. The zero-order valence-electron chi connectivity index (χ0n) is 35.7. The summed E-state index contributed by atoms with van der Waals surface area (Å²) < 4.78 is 105. The average molecular weight is 922 g/mol. The van der Waals surface area contributed by atoms with E-state index in [-0.39, 0.29) is 67.6 Å². The lowest BCUT2D eigenvalue weighted by Gasteiger charge is -2.38. The minimum atomic E-state index is -4.55. The van der Waals surface area contributed by atoms with Crippen molar-refractivity contribution in [3.8, 4) is 0 Å². The third kappa shape index (κ3) is 10.4. The lowest BCUT2D eigenvalue weighted by molar-refractivity contribution is -0.122. The molecule has 2 aliphatic rings. The van der Waals surface area contributed by atoms with Gasteiger partial charge in [-0.3, -0.25) is 9.59 Å². The van der Waals surface area contributed by atoms with Gasteiger partial charge in [-0.25, -0.2) is 28.6 Å². The molecule has 23 heteroatoms. The van der Waals surface area contributed by atoms with Crippen molar-refractivity contribution >= 4 is 32.1 Å². The van der Waals surface area contributed by atoms with E-state index in [1.54, 1.807) is 46.8 Å². The van der Waals surface area contributed by atoms with Crippen LogP contribution in [0, 0.1) is 38.3 Å². The monoisotopic (exact) mass is 921 g/mol. The number of aryl methyl sites for hydroxylation is 1. The Hall–Kier alpha value is -4.94. The Morgan fingerprint density at radius 2 is 1.37 bits per heavy atom. The van der Waals surface area contributed by atoms with E-state index in [1.807, 2.05) is 0 Å². The SMILES string of the molecule is CC(=O)[C@@H]1CC(Cc2ccc(F)c([C@H](C)[C@H](NS(=O)(=O)N3CCCCC3CC(N)=O)c3n[nH]c(=O)o3)c2C)CCN1S(=O)(=O)N[C@H](c1n[nH]c(=O)o1)[C@H](C)c1c(F)ccc(C)c1C. The Morgan fingerprint density at radius 1 is 0.825 bits per heavy atom. The number of ketones is 1. The maximum Gasteiger partial charge on any atom is 0.434 e. The highest BCUT2D eigenvalue weighted by Crippen LogP contribution is 2.39. The molecule has 19 nitrogen and oxygen atoms in total. The van der Waals surface area contributed by atoms with Crippen LogP contribution in [0.3, 0.4) is 0 Å². The summed E-state index contributed by atoms with van der Waals surface area (Å²) in [7, 11) is -8.95. The van der Waals surface area contributed by atoms with Crippen molar-refractivity contribution in [1.82, 2.24) is 38.4 Å². The zero-order chi connectivity index (χ0) is 46.1. The molecule has 2 fully saturated rings. The van der Waals surface area contributed by atoms with Crippen LogP contribution in [0.15, 0.2) is 42.7 Å². The number of hydrogen-bond donors (Lipinski definition) is 5. The van der Waals surface area contributed by atoms with Gasteiger partial charge >= 0.3 is 11.5 Å². The number of aromatic nitrogens is 4. The Morgan fingerprint density at radius 3 is 1.89 bits per heavy atom. The summed E-state index contributed by atoms with van der Waals surface area (Å²) in [6.45, 7) is 9.49. The van der Waals surface area contributed by atoms with Crippen LogP contribution in [0.4, 0.5) is 8.78 Å². The molecular weight excluding hydrogens is 869 g/mol. The lowest BCUT2D eigenvalue weighted by Crippen LogP contribution is -2.54. The number of rotatable bonds is 17. The quantitative estimate of drug-likeness (QED) is 0.102. The van der Waals surface area contributed by atoms with E-state index in [9.17, 15) is 36.0 Å². The van der Waals surface area contributed by atoms with Gasteiger partial charge in [-0.1, -0.05) is 32.4 Å². The number of piperidine rings is 2. The predicted octanol–water partition coefficient (Wildman–Crippen LogP) is 3.24. The Kier molecular flexibility index (Phi) is 14.4. The van der Waals surface area contributed by atoms with Gasteiger partial charge in [0.25, 0.3) is 20.4 Å². The average Bonchev–Trinajstić information content (AvgIpc) is 3.86. The summed E-state index contributed by atoms with van der Waals surface area (Å²) in [5, 5.41) is 12.0. The van der Waals surface area contributed by atoms with Crippen LogP contribution < -0.4 is 26.7 Å². The molecule has 2 aromatic carbocycles. The van der Waals surface area contributed by atoms with Crippen molar-refractivity contribution < 1.29 is 44.0 Å². The van der Waals surface area contributed by atoms with Crippen LogP contribution >= 0.6 is 0 Å². The number of hydrogen-bond acceptors (Lipinski definition) is 12. The number of nitrogens with two attached hydrogens (primary N) is 1. The first kappa shape index (κ1) is 47.5. The number of carbonyl (C=O) groups excluding carboxylic acids is 2. The fourth-order valence-electron chi connectivity index (χ4n) is 9.05. The second-order valence-corrected chi connectivity index (χ2v) is 19.9. The van der Waals surface area contributed by atoms with Crippen LogP contribution in [0.5, 0.6) is 0 Å². The van der Waals surface area contributed by atoms with Crippen molar-refractivity contribution in [2.75, 3.05) is 13.1 Å². The van der Waals surface area contributed by atoms with Crippen molar-refractivity contribution in [2.45, 2.75) is 122 Å². The van der Waals surface area contributed by atoms with E-state index in [1.165, 1.54) is 19.1 Å². The standard InChI is InChI=1S/C40H53F2N9O10S2/c1-20-10-12-29(41)33(21(20)2)23(4)35(37-44-46-39(54)60-37)49-63(58,59)51-16-14-26(18-31(51)25(6)52)17-27-11-13-30(42)34(22(27)3)24(5)36(38-45-47-40(55)61-38)48-62(56,57)50-15-8-7-9-28(50)19-32(43)53/h10-13,23-24,26,28,31,35-36,48-49H,7-9,14-19H2,1-6H3,(H2,43,53)(H,46,54)(H,47,55)/t23-,24+,26?,28?,31+,35+,36+/m1/s1. The molecule has 0 saturated carbocycles. The smallest absolute Gasteiger partial charge is 0.391 e. The molecule has 2 aromatic heterocycles. The third-order valence-corrected chi connectivity index (χ3v) is 15.7. The summed E-state index contributed by atoms with van der Waals surface area (Å²) in [5.41, 5.74) is 8.11. The molecule has 4 heterocycles. The number of H-pyrrole nitrogens is 2. The second-order valence-electron chi connectivity index (χ2n) is 16.6. The minimum Gasteiger partial charge on any atom is -0.391 e. The van der Waals surface area contributed by atoms with E-state index < -0.39 is 91.3 Å². The van der Waals surface area contributed by atoms with E-state index in [4.69, 9.17) is 14.6 Å². The van der Waals surface area contributed by atoms with E-state index in [0.29, 0.717) is 36.0 Å². The number of amides is 1. The largest absolute Gasteiger partial charge is 0.434 e. The Balaban J connectivity index is 1.25. The highest BCUT2D eigenvalue weighted by atomic mass is 32.2. The van der Waals surface area contributed by atoms with Crippen LogP contribution in [0.2, 0.25) is 0 Å². The molecule has 1 amide bonds. The molecule has 6 N–H and O–H groups in total. The number of halogens is 2. The maximum atomic E-state index is 16.0. The van der Waals surface area contributed by atoms with Gasteiger partial charge in [0.05, 0.1) is 6.04 Å². The second kappa shape index (κ2) is 19.0. The molecule has 6 rings (SSSR count). The zero-order valence-corrected chi connectivity index (χ0v) is 37.4. The number of aromatic amines is 2. The minimum absolute atomic E-state index is 0.0738. The first-order valence-electron chi connectivity index (χ1n) is 20.6. The molecule has 344 valence electrons. The molecular formula is C40H53F2N9O10S2. The number of primary amides is 1. The van der Waals surface area contributed by atoms with Gasteiger partial charge in [-0.15, -0.1) is 10.2 Å². The Bertz CT molecular complexity index is 2680. The summed E-state index contributed by atoms with van der Waals surface area (Å²) in [6, 6.07) is 1.03. The van der Waals surface area contributed by atoms with E-state index in [2.05, 4.69) is 29.8 Å². The molecule has 2 saturated heterocycles. The predicted molar refractivity (Wildman–Crippen MR) is 223 cm³/mol. The Labute approximate surface area is 362 Å². The molecule has 0 radical (unpaired) electrons. The van der Waals surface area contributed by atoms with Crippen molar-refractivity contribution in [3.05, 3.63) is 102 Å². The van der Waals surface area contributed by atoms with Gasteiger partial charge < -0.3 is 14.6 Å². The van der Waals surface area contributed by atoms with Crippen molar-refractivity contribution in [1.29, 1.82) is 0 Å². The number of Topliss-reactive ketones (excluding diaryl/α,β-unsaturated/α-hetero) is 1. The van der Waals surface area contributed by atoms with Crippen LogP contribution in [-0.2, 0) is 36.4 Å². The van der Waals surface area contributed by atoms with Gasteiger partial charge in [0.15, 0.2) is 0 Å². The van der Waals surface area contributed by atoms with Crippen molar-refractivity contribution in [3.63, 3.8) is 0 Å². The first-order chi connectivity index (χ1) is 29.6. The van der Waals surface area contributed by atoms with Gasteiger partial charge in [-0.2, -0.15) is 34.9 Å². The van der Waals surface area contributed by atoms with E-state index >= 15 is 8.78 Å². The molecule has 7 atom stereocenters. The summed E-state index contributed by atoms with van der Waals surface area (Å²) >= 11 is 0. The van der Waals surface area contributed by atoms with Crippen molar-refractivity contribution in [2.24, 2.45) is 11.7 Å². The number of nitrogens with one attached hydrogen (secondary N) is 4. The molecule has 2 aliphatic heterocycles. The fraction of sp³-hybridized carbons (Fsp3) is 0.550.